The first kappa shape index (κ1) is 12.6. The Morgan fingerprint density at radius 1 is 1.41 bits per heavy atom. The van der Waals surface area contributed by atoms with Crippen LogP contribution in [0.2, 0.25) is 5.02 Å². The number of aliphatic hydroxyl groups is 1. The lowest BCUT2D eigenvalue weighted by Crippen LogP contribution is -2.36. The van der Waals surface area contributed by atoms with E-state index in [1.165, 1.54) is 0 Å². The van der Waals surface area contributed by atoms with Crippen molar-refractivity contribution in [3.05, 3.63) is 28.8 Å². The molecule has 17 heavy (non-hydrogen) atoms. The number of nitrogens with two attached hydrogens (primary N) is 1. The van der Waals surface area contributed by atoms with Crippen LogP contribution < -0.4 is 10.6 Å². The van der Waals surface area contributed by atoms with Crippen LogP contribution in [0.1, 0.15) is 11.6 Å². The summed E-state index contributed by atoms with van der Waals surface area (Å²) in [4.78, 5) is 2.19. The van der Waals surface area contributed by atoms with Crippen LogP contribution in [0, 0.1) is 0 Å². The van der Waals surface area contributed by atoms with Crippen LogP contribution in [0.15, 0.2) is 18.2 Å². The second-order valence-electron chi connectivity index (χ2n) is 4.10. The number of benzene rings is 1. The van der Waals surface area contributed by atoms with Crippen molar-refractivity contribution in [2.24, 2.45) is 5.73 Å². The summed E-state index contributed by atoms with van der Waals surface area (Å²) in [5, 5.41) is 9.68. The average Bonchev–Trinajstić information content (AvgIpc) is 2.38. The summed E-state index contributed by atoms with van der Waals surface area (Å²) < 4.78 is 5.30. The molecular weight excluding hydrogens is 240 g/mol. The highest BCUT2D eigenvalue weighted by Crippen LogP contribution is 2.29. The van der Waals surface area contributed by atoms with Gasteiger partial charge in [0.25, 0.3) is 0 Å². The number of hydrogen-bond acceptors (Lipinski definition) is 4. The number of hydrogen-bond donors (Lipinski definition) is 2. The number of morpholine rings is 1. The Hall–Kier alpha value is -0.810. The van der Waals surface area contributed by atoms with Crippen molar-refractivity contribution in [2.75, 3.05) is 37.8 Å². The lowest BCUT2D eigenvalue weighted by Gasteiger charge is -2.29. The number of aliphatic hydroxyl groups excluding tert-OH is 1. The predicted octanol–water partition coefficient (Wildman–Crippen LogP) is 1.17. The molecule has 0 aromatic heterocycles. The molecule has 1 aromatic carbocycles. The number of ether oxygens (including phenoxy) is 1. The molecule has 4 nitrogen and oxygen atoms in total. The van der Waals surface area contributed by atoms with E-state index in [1.807, 2.05) is 18.2 Å². The lowest BCUT2D eigenvalue weighted by molar-refractivity contribution is 0.122. The van der Waals surface area contributed by atoms with E-state index in [4.69, 9.17) is 27.2 Å². The zero-order valence-electron chi connectivity index (χ0n) is 9.60. The molecule has 2 rings (SSSR count). The van der Waals surface area contributed by atoms with Gasteiger partial charge < -0.3 is 20.5 Å². The fourth-order valence-electron chi connectivity index (χ4n) is 1.92. The van der Waals surface area contributed by atoms with Crippen molar-refractivity contribution in [3.63, 3.8) is 0 Å². The van der Waals surface area contributed by atoms with Gasteiger partial charge in [0.2, 0.25) is 0 Å². The highest BCUT2D eigenvalue weighted by atomic mass is 35.5. The summed E-state index contributed by atoms with van der Waals surface area (Å²) in [6.45, 7) is 3.09. The maximum absolute atomic E-state index is 9.00. The highest BCUT2D eigenvalue weighted by molar-refractivity contribution is 6.33. The molecule has 0 spiro atoms. The molecule has 0 saturated carbocycles. The third-order valence-corrected chi connectivity index (χ3v) is 3.25. The fraction of sp³-hybridized carbons (Fsp3) is 0.500. The van der Waals surface area contributed by atoms with Gasteiger partial charge in [0.15, 0.2) is 0 Å². The van der Waals surface area contributed by atoms with Crippen molar-refractivity contribution < 1.29 is 9.84 Å². The summed E-state index contributed by atoms with van der Waals surface area (Å²) in [5.74, 6) is 0. The molecule has 0 aliphatic carbocycles. The minimum atomic E-state index is -0.369. The smallest absolute Gasteiger partial charge is 0.0642 e. The highest BCUT2D eigenvalue weighted by Gasteiger charge is 2.15. The maximum Gasteiger partial charge on any atom is 0.0642 e. The van der Waals surface area contributed by atoms with Gasteiger partial charge >= 0.3 is 0 Å². The molecule has 1 fully saturated rings. The summed E-state index contributed by atoms with van der Waals surface area (Å²) in [6, 6.07) is 5.33. The minimum Gasteiger partial charge on any atom is -0.394 e. The van der Waals surface area contributed by atoms with Crippen LogP contribution in [0.25, 0.3) is 0 Å². The van der Waals surface area contributed by atoms with Crippen LogP contribution in [-0.2, 0) is 4.74 Å². The first-order valence-corrected chi connectivity index (χ1v) is 6.08. The standard InChI is InChI=1S/C12H17ClN2O2/c13-10-7-9(11(14)8-16)1-2-12(10)15-3-5-17-6-4-15/h1-2,7,11,16H,3-6,8,14H2/t11-/m0/s1. The Bertz CT molecular complexity index is 381. The molecular formula is C12H17ClN2O2. The Morgan fingerprint density at radius 3 is 2.71 bits per heavy atom. The third kappa shape index (κ3) is 2.90. The van der Waals surface area contributed by atoms with Crippen LogP contribution in [-0.4, -0.2) is 38.0 Å². The van der Waals surface area contributed by atoms with E-state index in [0.717, 1.165) is 37.6 Å². The van der Waals surface area contributed by atoms with Crippen LogP contribution in [0.5, 0.6) is 0 Å². The molecule has 1 aromatic rings. The molecule has 1 saturated heterocycles. The monoisotopic (exact) mass is 256 g/mol. The van der Waals surface area contributed by atoms with E-state index in [9.17, 15) is 0 Å². The molecule has 1 heterocycles. The summed E-state index contributed by atoms with van der Waals surface area (Å²) >= 11 is 6.24. The Balaban J connectivity index is 2.18. The van der Waals surface area contributed by atoms with Gasteiger partial charge in [-0.15, -0.1) is 0 Å². The predicted molar refractivity (Wildman–Crippen MR) is 68.5 cm³/mol. The van der Waals surface area contributed by atoms with Gasteiger partial charge in [-0.1, -0.05) is 17.7 Å². The molecule has 0 unspecified atom stereocenters. The van der Waals surface area contributed by atoms with Gasteiger partial charge in [0.05, 0.1) is 36.6 Å². The molecule has 3 N–H and O–H groups in total. The van der Waals surface area contributed by atoms with Crippen molar-refractivity contribution in [1.29, 1.82) is 0 Å². The van der Waals surface area contributed by atoms with E-state index in [-0.39, 0.29) is 12.6 Å². The van der Waals surface area contributed by atoms with Crippen molar-refractivity contribution in [2.45, 2.75) is 6.04 Å². The Kier molecular flexibility index (Phi) is 4.23. The number of nitrogens with zero attached hydrogens (tertiary/aromatic N) is 1. The van der Waals surface area contributed by atoms with Crippen LogP contribution in [0.4, 0.5) is 5.69 Å². The molecule has 1 aliphatic rings. The average molecular weight is 257 g/mol. The van der Waals surface area contributed by atoms with Crippen LogP contribution >= 0.6 is 11.6 Å². The second-order valence-corrected chi connectivity index (χ2v) is 4.51. The normalized spacial score (nSPS) is 18.2. The summed E-state index contributed by atoms with van der Waals surface area (Å²) in [6.07, 6.45) is 0. The molecule has 5 heteroatoms. The molecule has 94 valence electrons. The number of anilines is 1. The van der Waals surface area contributed by atoms with Crippen molar-refractivity contribution in [3.8, 4) is 0 Å². The summed E-state index contributed by atoms with van der Waals surface area (Å²) in [5.41, 5.74) is 7.61. The quantitative estimate of drug-likeness (QED) is 0.852. The molecule has 1 aliphatic heterocycles. The van der Waals surface area contributed by atoms with E-state index >= 15 is 0 Å². The Morgan fingerprint density at radius 2 is 2.12 bits per heavy atom. The summed E-state index contributed by atoms with van der Waals surface area (Å²) in [7, 11) is 0. The maximum atomic E-state index is 9.00. The first-order valence-electron chi connectivity index (χ1n) is 5.71. The van der Waals surface area contributed by atoms with E-state index in [1.54, 1.807) is 0 Å². The molecule has 0 radical (unpaired) electrons. The van der Waals surface area contributed by atoms with Crippen molar-refractivity contribution >= 4 is 17.3 Å². The largest absolute Gasteiger partial charge is 0.394 e. The fourth-order valence-corrected chi connectivity index (χ4v) is 2.23. The molecule has 0 amide bonds. The van der Waals surface area contributed by atoms with Crippen molar-refractivity contribution in [1.82, 2.24) is 0 Å². The van der Waals surface area contributed by atoms with Gasteiger partial charge in [0, 0.05) is 13.1 Å². The second kappa shape index (κ2) is 5.69. The van der Waals surface area contributed by atoms with Gasteiger partial charge in [-0.2, -0.15) is 0 Å². The van der Waals surface area contributed by atoms with E-state index in [2.05, 4.69) is 4.90 Å². The lowest BCUT2D eigenvalue weighted by atomic mass is 10.1. The van der Waals surface area contributed by atoms with Gasteiger partial charge in [-0.3, -0.25) is 0 Å². The molecule has 1 atom stereocenters. The first-order chi connectivity index (χ1) is 8.22. The van der Waals surface area contributed by atoms with E-state index < -0.39 is 0 Å². The SMILES string of the molecule is N[C@@H](CO)c1ccc(N2CCOCC2)c(Cl)c1. The topological polar surface area (TPSA) is 58.7 Å². The zero-order chi connectivity index (χ0) is 12.3. The Labute approximate surface area is 106 Å². The molecule has 0 bridgehead atoms. The van der Waals surface area contributed by atoms with Gasteiger partial charge in [-0.05, 0) is 17.7 Å². The third-order valence-electron chi connectivity index (χ3n) is 2.95. The number of halogens is 1. The number of rotatable bonds is 3. The zero-order valence-corrected chi connectivity index (χ0v) is 10.4. The van der Waals surface area contributed by atoms with E-state index in [0.29, 0.717) is 5.02 Å². The van der Waals surface area contributed by atoms with Crippen LogP contribution in [0.3, 0.4) is 0 Å². The van der Waals surface area contributed by atoms with Gasteiger partial charge in [-0.25, -0.2) is 0 Å². The van der Waals surface area contributed by atoms with Gasteiger partial charge in [0.1, 0.15) is 0 Å². The minimum absolute atomic E-state index is 0.0762.